The number of benzene rings is 3. The number of aliphatic hydroxyl groups is 1. The molecule has 23 heavy (non-hydrogen) atoms. The Kier molecular flexibility index (Phi) is 7.49. The fourth-order valence-electron chi connectivity index (χ4n) is 2.60. The van der Waals surface area contributed by atoms with E-state index in [0.717, 1.165) is 23.8 Å². The molecule has 3 aromatic carbocycles. The second-order valence-corrected chi connectivity index (χ2v) is 4.91. The summed E-state index contributed by atoms with van der Waals surface area (Å²) in [5, 5.41) is 7.00. The van der Waals surface area contributed by atoms with Gasteiger partial charge in [0.2, 0.25) is 0 Å². The van der Waals surface area contributed by atoms with E-state index < -0.39 is 5.54 Å². The van der Waals surface area contributed by atoms with E-state index in [2.05, 4.69) is 36.4 Å². The lowest BCUT2D eigenvalue weighted by Gasteiger charge is -2.31. The van der Waals surface area contributed by atoms with Crippen molar-refractivity contribution in [3.8, 4) is 0 Å². The van der Waals surface area contributed by atoms with Gasteiger partial charge in [-0.1, -0.05) is 91.0 Å². The lowest BCUT2D eigenvalue weighted by atomic mass is 9.78. The summed E-state index contributed by atoms with van der Waals surface area (Å²) >= 11 is 0. The largest absolute Gasteiger partial charge is 0.400 e. The highest BCUT2D eigenvalue weighted by Crippen LogP contribution is 2.33. The van der Waals surface area contributed by atoms with Gasteiger partial charge in [0, 0.05) is 7.11 Å². The maximum absolute atomic E-state index is 7.00. The number of rotatable bonds is 3. The molecule has 0 saturated carbocycles. The first-order valence-corrected chi connectivity index (χ1v) is 7.22. The number of hydrogen-bond donors (Lipinski definition) is 2. The van der Waals surface area contributed by atoms with Gasteiger partial charge in [-0.3, -0.25) is 0 Å². The van der Waals surface area contributed by atoms with Crippen LogP contribution < -0.4 is 5.73 Å². The van der Waals surface area contributed by atoms with E-state index in [0.29, 0.717) is 0 Å². The van der Waals surface area contributed by atoms with Crippen molar-refractivity contribution in [2.75, 3.05) is 7.11 Å². The third kappa shape index (κ3) is 3.99. The SMILES string of the molecule is CO.Cl.NC(c1ccccc1)(c1ccccc1)c1ccccc1. The number of halogens is 1. The maximum Gasteiger partial charge on any atom is 0.0922 e. The van der Waals surface area contributed by atoms with Gasteiger partial charge < -0.3 is 10.8 Å². The topological polar surface area (TPSA) is 46.2 Å². The Labute approximate surface area is 144 Å². The third-order valence-corrected chi connectivity index (χ3v) is 3.69. The summed E-state index contributed by atoms with van der Waals surface area (Å²) in [6.07, 6.45) is 0. The predicted molar refractivity (Wildman–Crippen MR) is 98.8 cm³/mol. The average Bonchev–Trinajstić information content (AvgIpc) is 2.65. The van der Waals surface area contributed by atoms with Crippen molar-refractivity contribution in [2.45, 2.75) is 5.54 Å². The summed E-state index contributed by atoms with van der Waals surface area (Å²) in [7, 11) is 1.00. The van der Waals surface area contributed by atoms with Crippen LogP contribution in [0, 0.1) is 0 Å². The first-order chi connectivity index (χ1) is 10.8. The summed E-state index contributed by atoms with van der Waals surface area (Å²) < 4.78 is 0. The first kappa shape index (κ1) is 18.9. The molecule has 0 aliphatic rings. The highest BCUT2D eigenvalue weighted by molar-refractivity contribution is 5.85. The van der Waals surface area contributed by atoms with Gasteiger partial charge >= 0.3 is 0 Å². The molecule has 2 nitrogen and oxygen atoms in total. The van der Waals surface area contributed by atoms with Gasteiger partial charge in [-0.2, -0.15) is 0 Å². The van der Waals surface area contributed by atoms with Crippen LogP contribution in [0.4, 0.5) is 0 Å². The van der Waals surface area contributed by atoms with Gasteiger partial charge in [-0.25, -0.2) is 0 Å². The Morgan fingerprint density at radius 2 is 0.783 bits per heavy atom. The Morgan fingerprint density at radius 1 is 0.565 bits per heavy atom. The van der Waals surface area contributed by atoms with Gasteiger partial charge in [0.1, 0.15) is 0 Å². The number of nitrogens with two attached hydrogens (primary N) is 1. The van der Waals surface area contributed by atoms with Crippen molar-refractivity contribution in [2.24, 2.45) is 5.73 Å². The van der Waals surface area contributed by atoms with Crippen LogP contribution in [-0.2, 0) is 5.54 Å². The van der Waals surface area contributed by atoms with Gasteiger partial charge in [0.05, 0.1) is 5.54 Å². The van der Waals surface area contributed by atoms with Gasteiger partial charge in [0.15, 0.2) is 0 Å². The molecule has 0 bridgehead atoms. The molecule has 0 atom stereocenters. The minimum Gasteiger partial charge on any atom is -0.400 e. The summed E-state index contributed by atoms with van der Waals surface area (Å²) in [5.41, 5.74) is 9.53. The Balaban J connectivity index is 0.000000849. The molecular weight excluding hydrogens is 306 g/mol. The van der Waals surface area contributed by atoms with Crippen LogP contribution in [0.25, 0.3) is 0 Å². The molecule has 0 spiro atoms. The summed E-state index contributed by atoms with van der Waals surface area (Å²) in [5.74, 6) is 0. The maximum atomic E-state index is 7.00. The Morgan fingerprint density at radius 3 is 1.00 bits per heavy atom. The molecule has 0 aliphatic carbocycles. The molecule has 3 rings (SSSR count). The van der Waals surface area contributed by atoms with Crippen molar-refractivity contribution in [3.63, 3.8) is 0 Å². The van der Waals surface area contributed by atoms with Crippen LogP contribution in [0.5, 0.6) is 0 Å². The molecule has 0 radical (unpaired) electrons. The van der Waals surface area contributed by atoms with E-state index in [1.807, 2.05) is 54.6 Å². The van der Waals surface area contributed by atoms with Crippen LogP contribution in [0.15, 0.2) is 91.0 Å². The van der Waals surface area contributed by atoms with E-state index in [4.69, 9.17) is 10.8 Å². The van der Waals surface area contributed by atoms with Crippen molar-refractivity contribution in [1.82, 2.24) is 0 Å². The average molecular weight is 328 g/mol. The molecule has 0 heterocycles. The lowest BCUT2D eigenvalue weighted by molar-refractivity contribution is 0.399. The van der Waals surface area contributed by atoms with E-state index >= 15 is 0 Å². The minimum absolute atomic E-state index is 0. The highest BCUT2D eigenvalue weighted by Gasteiger charge is 2.31. The quantitative estimate of drug-likeness (QED) is 0.715. The lowest BCUT2D eigenvalue weighted by Crippen LogP contribution is -2.39. The van der Waals surface area contributed by atoms with Crippen LogP contribution >= 0.6 is 12.4 Å². The molecule has 0 fully saturated rings. The van der Waals surface area contributed by atoms with Crippen molar-refractivity contribution in [3.05, 3.63) is 108 Å². The predicted octanol–water partition coefficient (Wildman–Crippen LogP) is 3.97. The highest BCUT2D eigenvalue weighted by atomic mass is 35.5. The smallest absolute Gasteiger partial charge is 0.0922 e. The van der Waals surface area contributed by atoms with E-state index in [1.54, 1.807) is 0 Å². The third-order valence-electron chi connectivity index (χ3n) is 3.69. The zero-order valence-corrected chi connectivity index (χ0v) is 13.9. The Hall–Kier alpha value is -2.13. The van der Waals surface area contributed by atoms with E-state index in [-0.39, 0.29) is 12.4 Å². The van der Waals surface area contributed by atoms with Crippen LogP contribution in [0.2, 0.25) is 0 Å². The summed E-state index contributed by atoms with van der Waals surface area (Å²) in [4.78, 5) is 0. The van der Waals surface area contributed by atoms with Crippen molar-refractivity contribution < 1.29 is 5.11 Å². The summed E-state index contributed by atoms with van der Waals surface area (Å²) in [6.45, 7) is 0. The molecule has 0 aliphatic heterocycles. The molecule has 0 saturated heterocycles. The number of aliphatic hydroxyl groups excluding tert-OH is 1. The van der Waals surface area contributed by atoms with Gasteiger partial charge in [-0.05, 0) is 16.7 Å². The molecule has 0 amide bonds. The van der Waals surface area contributed by atoms with Gasteiger partial charge in [0.25, 0.3) is 0 Å². The zero-order valence-electron chi connectivity index (χ0n) is 13.1. The van der Waals surface area contributed by atoms with Crippen molar-refractivity contribution >= 4 is 12.4 Å². The molecule has 3 N–H and O–H groups in total. The van der Waals surface area contributed by atoms with Crippen molar-refractivity contribution in [1.29, 1.82) is 0 Å². The molecule has 0 aromatic heterocycles. The van der Waals surface area contributed by atoms with E-state index in [9.17, 15) is 0 Å². The monoisotopic (exact) mass is 327 g/mol. The van der Waals surface area contributed by atoms with Gasteiger partial charge in [-0.15, -0.1) is 12.4 Å². The van der Waals surface area contributed by atoms with Crippen LogP contribution in [-0.4, -0.2) is 12.2 Å². The summed E-state index contributed by atoms with van der Waals surface area (Å²) in [6, 6.07) is 30.7. The fourth-order valence-corrected chi connectivity index (χ4v) is 2.60. The Bertz CT molecular complexity index is 575. The zero-order chi connectivity index (χ0) is 15.8. The number of hydrogen-bond acceptors (Lipinski definition) is 2. The fraction of sp³-hybridized carbons (Fsp3) is 0.100. The van der Waals surface area contributed by atoms with Crippen LogP contribution in [0.3, 0.4) is 0 Å². The first-order valence-electron chi connectivity index (χ1n) is 7.22. The van der Waals surface area contributed by atoms with E-state index in [1.165, 1.54) is 0 Å². The molecule has 0 unspecified atom stereocenters. The molecular formula is C20H22ClNO. The minimum atomic E-state index is -0.621. The second-order valence-electron chi connectivity index (χ2n) is 4.91. The normalized spacial score (nSPS) is 10.0. The molecule has 3 aromatic rings. The van der Waals surface area contributed by atoms with Crippen LogP contribution in [0.1, 0.15) is 16.7 Å². The standard InChI is InChI=1S/C19H17N.CH4O.ClH/c20-19(16-10-4-1-5-11-16,17-12-6-2-7-13-17)18-14-8-3-9-15-18;1-2;/h1-15H,20H2;2H,1H3;1H. The molecule has 3 heteroatoms. The molecule has 120 valence electrons. The second kappa shape index (κ2) is 9.11.